The van der Waals surface area contributed by atoms with Crippen LogP contribution in [-0.2, 0) is 26.4 Å². The van der Waals surface area contributed by atoms with Crippen LogP contribution in [0.5, 0.6) is 5.75 Å². The first-order chi connectivity index (χ1) is 16.0. The van der Waals surface area contributed by atoms with E-state index < -0.39 is 54.0 Å². The van der Waals surface area contributed by atoms with Crippen LogP contribution in [0.4, 0.5) is 4.39 Å². The van der Waals surface area contributed by atoms with Crippen LogP contribution in [0.25, 0.3) is 10.9 Å². The number of halogens is 1. The molecule has 1 saturated heterocycles. The molecule has 1 fully saturated rings. The normalized spacial score (nSPS) is 18.6. The van der Waals surface area contributed by atoms with Gasteiger partial charge in [-0.2, -0.15) is 4.31 Å². The van der Waals surface area contributed by atoms with Crippen molar-refractivity contribution < 1.29 is 31.1 Å². The molecule has 4 rings (SSSR count). The van der Waals surface area contributed by atoms with Gasteiger partial charge in [0.15, 0.2) is 21.3 Å². The van der Waals surface area contributed by atoms with Gasteiger partial charge in [-0.15, -0.1) is 0 Å². The zero-order chi connectivity index (χ0) is 24.7. The summed E-state index contributed by atoms with van der Waals surface area (Å²) in [6.45, 7) is -0.560. The number of fused-ring (bicyclic) bond motifs is 1. The molecule has 10 nitrogen and oxygen atoms in total. The van der Waals surface area contributed by atoms with Crippen LogP contribution in [0.3, 0.4) is 0 Å². The maximum absolute atomic E-state index is 13.1. The minimum absolute atomic E-state index is 0.000590. The maximum Gasteiger partial charge on any atom is 0.274 e. The third-order valence-electron chi connectivity index (χ3n) is 5.55. The molecule has 3 aromatic rings. The van der Waals surface area contributed by atoms with E-state index in [0.717, 1.165) is 10.6 Å². The molecule has 180 valence electrons. The van der Waals surface area contributed by atoms with Gasteiger partial charge in [0.25, 0.3) is 5.91 Å². The first-order valence-corrected chi connectivity index (χ1v) is 13.7. The molecule has 0 radical (unpaired) electrons. The van der Waals surface area contributed by atoms with E-state index in [0.29, 0.717) is 5.56 Å². The summed E-state index contributed by atoms with van der Waals surface area (Å²) in [6.07, 6.45) is 2.35. The molecule has 1 aliphatic heterocycles. The number of hydrogen-bond acceptors (Lipinski definition) is 8. The molecule has 1 aliphatic rings. The number of hydrogen-bond donors (Lipinski definition) is 2. The molecular weight excluding hydrogens is 487 g/mol. The van der Waals surface area contributed by atoms with Gasteiger partial charge in [0.05, 0.1) is 17.7 Å². The molecular formula is C21H21FN4O6S2. The summed E-state index contributed by atoms with van der Waals surface area (Å²) in [5.41, 5.74) is 0.0364. The van der Waals surface area contributed by atoms with E-state index >= 15 is 0 Å². The van der Waals surface area contributed by atoms with Crippen molar-refractivity contribution in [2.45, 2.75) is 11.8 Å². The predicted molar refractivity (Wildman–Crippen MR) is 122 cm³/mol. The molecule has 0 saturated carbocycles. The Balaban J connectivity index is 1.77. The Labute approximate surface area is 195 Å². The highest BCUT2D eigenvalue weighted by Crippen LogP contribution is 2.36. The van der Waals surface area contributed by atoms with Crippen molar-refractivity contribution in [1.29, 1.82) is 0 Å². The number of sulfonamides is 1. The Morgan fingerprint density at radius 1 is 1.26 bits per heavy atom. The lowest BCUT2D eigenvalue weighted by molar-refractivity contribution is 0.0943. The summed E-state index contributed by atoms with van der Waals surface area (Å²) < 4.78 is 64.2. The summed E-state index contributed by atoms with van der Waals surface area (Å²) in [6, 6.07) is 8.44. The van der Waals surface area contributed by atoms with Gasteiger partial charge in [-0.05, 0) is 29.8 Å². The number of pyridine rings is 2. The van der Waals surface area contributed by atoms with Crippen LogP contribution in [0.15, 0.2) is 42.6 Å². The highest BCUT2D eigenvalue weighted by atomic mass is 32.2. The Morgan fingerprint density at radius 2 is 1.97 bits per heavy atom. The number of aromatic hydroxyl groups is 1. The molecule has 1 atom stereocenters. The molecule has 2 N–H and O–H groups in total. The first-order valence-electron chi connectivity index (χ1n) is 10.1. The van der Waals surface area contributed by atoms with E-state index in [-0.39, 0.29) is 36.2 Å². The monoisotopic (exact) mass is 508 g/mol. The van der Waals surface area contributed by atoms with Crippen LogP contribution >= 0.6 is 0 Å². The average Bonchev–Trinajstić information content (AvgIpc) is 2.78. The molecule has 1 aromatic carbocycles. The maximum atomic E-state index is 13.1. The number of nitrogens with one attached hydrogen (secondary N) is 1. The molecule has 0 aliphatic carbocycles. The molecule has 3 heterocycles. The number of sulfone groups is 1. The fraction of sp³-hybridized carbons (Fsp3) is 0.286. The third kappa shape index (κ3) is 4.72. The van der Waals surface area contributed by atoms with Gasteiger partial charge in [-0.3, -0.25) is 9.78 Å². The van der Waals surface area contributed by atoms with E-state index in [1.807, 2.05) is 0 Å². The van der Waals surface area contributed by atoms with Crippen molar-refractivity contribution in [1.82, 2.24) is 19.6 Å². The van der Waals surface area contributed by atoms with Crippen LogP contribution in [0.2, 0.25) is 0 Å². The Morgan fingerprint density at radius 3 is 2.65 bits per heavy atom. The molecule has 1 unspecified atom stereocenters. The Kier molecular flexibility index (Phi) is 6.27. The number of carbonyl (C=O) groups is 1. The van der Waals surface area contributed by atoms with Gasteiger partial charge in [0.2, 0.25) is 10.0 Å². The van der Waals surface area contributed by atoms with Gasteiger partial charge >= 0.3 is 0 Å². The summed E-state index contributed by atoms with van der Waals surface area (Å²) in [7, 11) is -7.50. The Hall–Kier alpha value is -3.16. The quantitative estimate of drug-likeness (QED) is 0.522. The standard InChI is InChI=1S/C21H21FN4O6S2/c1-33(29,30)26-9-10-34(31,32)16(12-26)17-15-3-2-8-23-18(15)20(27)19(25-17)21(28)24-11-13-4-6-14(22)7-5-13/h2-8,16,27H,9-12H2,1H3,(H,24,28). The van der Waals surface area contributed by atoms with Crippen LogP contribution < -0.4 is 5.32 Å². The van der Waals surface area contributed by atoms with Crippen molar-refractivity contribution in [3.8, 4) is 5.75 Å². The topological polar surface area (TPSA) is 147 Å². The number of carbonyl (C=O) groups excluding carboxylic acids is 1. The van der Waals surface area contributed by atoms with E-state index in [1.165, 1.54) is 42.6 Å². The van der Waals surface area contributed by atoms with Gasteiger partial charge < -0.3 is 10.4 Å². The van der Waals surface area contributed by atoms with Gasteiger partial charge in [-0.1, -0.05) is 12.1 Å². The number of amides is 1. The highest BCUT2D eigenvalue weighted by Gasteiger charge is 2.40. The third-order valence-corrected chi connectivity index (χ3v) is 8.81. The van der Waals surface area contributed by atoms with Crippen molar-refractivity contribution in [3.05, 3.63) is 65.4 Å². The zero-order valence-electron chi connectivity index (χ0n) is 18.0. The predicted octanol–water partition coefficient (Wildman–Crippen LogP) is 1.14. The van der Waals surface area contributed by atoms with Crippen molar-refractivity contribution in [2.24, 2.45) is 0 Å². The fourth-order valence-electron chi connectivity index (χ4n) is 3.74. The minimum Gasteiger partial charge on any atom is -0.504 e. The molecule has 0 spiro atoms. The largest absolute Gasteiger partial charge is 0.504 e. The molecule has 13 heteroatoms. The van der Waals surface area contributed by atoms with E-state index in [2.05, 4.69) is 15.3 Å². The zero-order valence-corrected chi connectivity index (χ0v) is 19.6. The second-order valence-electron chi connectivity index (χ2n) is 7.88. The average molecular weight is 509 g/mol. The SMILES string of the molecule is CS(=O)(=O)N1CCS(=O)(=O)C(c2nc(C(=O)NCc3ccc(F)cc3)c(O)c3ncccc23)C1. The number of benzene rings is 1. The first kappa shape index (κ1) is 24.0. The van der Waals surface area contributed by atoms with Crippen LogP contribution in [-0.4, -0.2) is 67.2 Å². The second kappa shape index (κ2) is 8.89. The lowest BCUT2D eigenvalue weighted by Gasteiger charge is -2.31. The van der Waals surface area contributed by atoms with E-state index in [4.69, 9.17) is 0 Å². The van der Waals surface area contributed by atoms with E-state index in [1.54, 1.807) is 0 Å². The summed E-state index contributed by atoms with van der Waals surface area (Å²) in [4.78, 5) is 21.2. The molecule has 1 amide bonds. The van der Waals surface area contributed by atoms with Crippen molar-refractivity contribution >= 4 is 36.7 Å². The number of nitrogens with zero attached hydrogens (tertiary/aromatic N) is 3. The number of rotatable bonds is 5. The van der Waals surface area contributed by atoms with Crippen molar-refractivity contribution in [3.63, 3.8) is 0 Å². The molecule has 2 aromatic heterocycles. The second-order valence-corrected chi connectivity index (χ2v) is 12.2. The van der Waals surface area contributed by atoms with E-state index in [9.17, 15) is 31.1 Å². The minimum atomic E-state index is -3.82. The lowest BCUT2D eigenvalue weighted by Crippen LogP contribution is -2.45. The Bertz CT molecular complexity index is 1480. The summed E-state index contributed by atoms with van der Waals surface area (Å²) in [5, 5.41) is 12.1. The smallest absolute Gasteiger partial charge is 0.274 e. The van der Waals surface area contributed by atoms with Gasteiger partial charge in [-0.25, -0.2) is 26.2 Å². The number of aromatic nitrogens is 2. The lowest BCUT2D eigenvalue weighted by atomic mass is 10.1. The summed E-state index contributed by atoms with van der Waals surface area (Å²) in [5.74, 6) is -2.19. The molecule has 34 heavy (non-hydrogen) atoms. The van der Waals surface area contributed by atoms with Crippen LogP contribution in [0, 0.1) is 5.82 Å². The highest BCUT2D eigenvalue weighted by molar-refractivity contribution is 7.92. The summed E-state index contributed by atoms with van der Waals surface area (Å²) >= 11 is 0. The fourth-order valence-corrected chi connectivity index (χ4v) is 6.48. The van der Waals surface area contributed by atoms with Gasteiger partial charge in [0, 0.05) is 31.2 Å². The van der Waals surface area contributed by atoms with Crippen LogP contribution in [0.1, 0.15) is 27.0 Å². The van der Waals surface area contributed by atoms with Gasteiger partial charge in [0.1, 0.15) is 16.6 Å². The molecule has 0 bridgehead atoms. The van der Waals surface area contributed by atoms with Crippen molar-refractivity contribution in [2.75, 3.05) is 25.1 Å².